The second-order valence-electron chi connectivity index (χ2n) is 7.30. The van der Waals surface area contributed by atoms with Crippen LogP contribution in [0.2, 0.25) is 0 Å². The summed E-state index contributed by atoms with van der Waals surface area (Å²) in [7, 11) is 1.38. The molecule has 0 N–H and O–H groups in total. The molecule has 0 amide bonds. The van der Waals surface area contributed by atoms with Crippen molar-refractivity contribution in [1.82, 2.24) is 0 Å². The van der Waals surface area contributed by atoms with E-state index in [1.165, 1.54) is 7.11 Å². The maximum atomic E-state index is 12.7. The Bertz CT molecular complexity index is 1060. The van der Waals surface area contributed by atoms with Crippen LogP contribution in [0.4, 0.5) is 0 Å². The van der Waals surface area contributed by atoms with E-state index in [2.05, 4.69) is 0 Å². The van der Waals surface area contributed by atoms with Crippen molar-refractivity contribution in [2.24, 2.45) is 0 Å². The van der Waals surface area contributed by atoms with E-state index in [0.717, 1.165) is 16.3 Å². The van der Waals surface area contributed by atoms with Crippen LogP contribution in [0.25, 0.3) is 16.8 Å². The van der Waals surface area contributed by atoms with Crippen LogP contribution in [0.1, 0.15) is 35.3 Å². The summed E-state index contributed by atoms with van der Waals surface area (Å²) in [4.78, 5) is 12.7. The molecule has 3 aromatic carbocycles. The summed E-state index contributed by atoms with van der Waals surface area (Å²) in [5, 5.41) is 1.73. The minimum atomic E-state index is -0.463. The molecule has 0 saturated heterocycles. The van der Waals surface area contributed by atoms with Gasteiger partial charge in [-0.25, -0.2) is 4.79 Å². The smallest absolute Gasteiger partial charge is 0.342 e. The van der Waals surface area contributed by atoms with E-state index in [4.69, 9.17) is 14.2 Å². The van der Waals surface area contributed by atoms with Crippen molar-refractivity contribution in [3.05, 3.63) is 77.4 Å². The molecule has 0 unspecified atom stereocenters. The normalized spacial score (nSPS) is 14.2. The van der Waals surface area contributed by atoms with E-state index in [1.807, 2.05) is 80.6 Å². The number of fused-ring (bicyclic) bond motifs is 3. The van der Waals surface area contributed by atoms with Crippen molar-refractivity contribution in [3.8, 4) is 11.5 Å². The second-order valence-corrected chi connectivity index (χ2v) is 7.30. The van der Waals surface area contributed by atoms with Gasteiger partial charge in [0.1, 0.15) is 29.3 Å². The molecule has 28 heavy (non-hydrogen) atoms. The number of benzene rings is 3. The molecule has 0 spiro atoms. The van der Waals surface area contributed by atoms with E-state index in [0.29, 0.717) is 29.2 Å². The largest absolute Gasteiger partial charge is 0.487 e. The molecule has 0 atom stereocenters. The Morgan fingerprint density at radius 2 is 1.68 bits per heavy atom. The van der Waals surface area contributed by atoms with Crippen molar-refractivity contribution < 1.29 is 19.0 Å². The lowest BCUT2D eigenvalue weighted by molar-refractivity contribution is 0.0594. The summed E-state index contributed by atoms with van der Waals surface area (Å²) in [6.45, 7) is 4.32. The van der Waals surface area contributed by atoms with E-state index in [-0.39, 0.29) is 0 Å². The van der Waals surface area contributed by atoms with Gasteiger partial charge in [-0.1, -0.05) is 60.7 Å². The lowest BCUT2D eigenvalue weighted by Gasteiger charge is -2.30. The fourth-order valence-corrected chi connectivity index (χ4v) is 3.43. The third kappa shape index (κ3) is 3.22. The van der Waals surface area contributed by atoms with Crippen LogP contribution in [-0.2, 0) is 11.3 Å². The summed E-state index contributed by atoms with van der Waals surface area (Å²) in [6, 6.07) is 17.7. The molecule has 4 heteroatoms. The number of ether oxygens (including phenoxy) is 3. The van der Waals surface area contributed by atoms with Gasteiger partial charge in [-0.05, 0) is 25.5 Å². The Morgan fingerprint density at radius 1 is 1.00 bits per heavy atom. The molecule has 4 nitrogen and oxygen atoms in total. The molecule has 3 aromatic rings. The molecule has 1 aliphatic heterocycles. The third-order valence-electron chi connectivity index (χ3n) is 4.79. The highest BCUT2D eigenvalue weighted by Gasteiger charge is 2.31. The molecular weight excluding hydrogens is 352 g/mol. The fourth-order valence-electron chi connectivity index (χ4n) is 3.43. The van der Waals surface area contributed by atoms with Crippen LogP contribution in [-0.4, -0.2) is 18.7 Å². The Balaban J connectivity index is 1.93. The zero-order chi connectivity index (χ0) is 19.7. The van der Waals surface area contributed by atoms with Gasteiger partial charge in [0.25, 0.3) is 0 Å². The molecule has 0 aliphatic carbocycles. The van der Waals surface area contributed by atoms with Gasteiger partial charge >= 0.3 is 5.97 Å². The van der Waals surface area contributed by atoms with E-state index in [1.54, 1.807) is 0 Å². The van der Waals surface area contributed by atoms with Gasteiger partial charge in [0.15, 0.2) is 0 Å². The third-order valence-corrected chi connectivity index (χ3v) is 4.79. The number of rotatable bonds is 4. The first kappa shape index (κ1) is 18.1. The van der Waals surface area contributed by atoms with Crippen molar-refractivity contribution >= 4 is 22.8 Å². The van der Waals surface area contributed by atoms with Crippen LogP contribution in [0, 0.1) is 0 Å². The van der Waals surface area contributed by atoms with Crippen LogP contribution >= 0.6 is 0 Å². The number of carbonyl (C=O) groups is 1. The zero-order valence-corrected chi connectivity index (χ0v) is 16.2. The number of carbonyl (C=O) groups excluding carboxylic acids is 1. The molecule has 0 aromatic heterocycles. The number of hydrogen-bond acceptors (Lipinski definition) is 4. The predicted octanol–water partition coefficient (Wildman–Crippen LogP) is 5.39. The first-order chi connectivity index (χ1) is 13.5. The van der Waals surface area contributed by atoms with Crippen LogP contribution < -0.4 is 9.47 Å². The van der Waals surface area contributed by atoms with Crippen molar-refractivity contribution in [2.75, 3.05) is 7.11 Å². The topological polar surface area (TPSA) is 44.8 Å². The van der Waals surface area contributed by atoms with Gasteiger partial charge in [0, 0.05) is 16.3 Å². The minimum absolute atomic E-state index is 0.351. The monoisotopic (exact) mass is 374 g/mol. The Labute approximate surface area is 164 Å². The number of esters is 1. The highest BCUT2D eigenvalue weighted by molar-refractivity contribution is 6.08. The SMILES string of the molecule is COC(=O)c1c2c(c3ccccc3c1OCc1ccccc1)OC(C)(C)C=C2. The summed E-state index contributed by atoms with van der Waals surface area (Å²) >= 11 is 0. The van der Waals surface area contributed by atoms with Crippen LogP contribution in [0.5, 0.6) is 11.5 Å². The van der Waals surface area contributed by atoms with Crippen molar-refractivity contribution in [2.45, 2.75) is 26.1 Å². The fraction of sp³-hybridized carbons (Fsp3) is 0.208. The lowest BCUT2D eigenvalue weighted by atomic mass is 9.93. The summed E-state index contributed by atoms with van der Waals surface area (Å²) < 4.78 is 17.5. The molecule has 0 saturated carbocycles. The first-order valence-corrected chi connectivity index (χ1v) is 9.22. The second kappa shape index (κ2) is 7.04. The Morgan fingerprint density at radius 3 is 2.39 bits per heavy atom. The molecule has 0 bridgehead atoms. The molecular formula is C24H22O4. The average molecular weight is 374 g/mol. The highest BCUT2D eigenvalue weighted by Crippen LogP contribution is 2.45. The molecule has 142 valence electrons. The maximum Gasteiger partial charge on any atom is 0.342 e. The standard InChI is InChI=1S/C24H22O4/c1-24(2)14-13-19-20(23(25)26-3)22(27-15-16-9-5-4-6-10-16)18-12-8-7-11-17(18)21(19)28-24/h4-14H,15H2,1-3H3. The van der Waals surface area contributed by atoms with Crippen LogP contribution in [0.3, 0.4) is 0 Å². The molecule has 0 fully saturated rings. The molecule has 0 radical (unpaired) electrons. The predicted molar refractivity (Wildman–Crippen MR) is 110 cm³/mol. The van der Waals surface area contributed by atoms with Gasteiger partial charge < -0.3 is 14.2 Å². The van der Waals surface area contributed by atoms with Gasteiger partial charge in [0.2, 0.25) is 0 Å². The van der Waals surface area contributed by atoms with Crippen molar-refractivity contribution in [3.63, 3.8) is 0 Å². The molecule has 1 aliphatic rings. The van der Waals surface area contributed by atoms with E-state index < -0.39 is 11.6 Å². The average Bonchev–Trinajstić information content (AvgIpc) is 2.71. The molecule has 4 rings (SSSR count). The quantitative estimate of drug-likeness (QED) is 0.575. The van der Waals surface area contributed by atoms with Crippen molar-refractivity contribution in [1.29, 1.82) is 0 Å². The molecule has 1 heterocycles. The van der Waals surface area contributed by atoms with E-state index in [9.17, 15) is 4.79 Å². The lowest BCUT2D eigenvalue weighted by Crippen LogP contribution is -2.28. The van der Waals surface area contributed by atoms with Gasteiger partial charge in [-0.3, -0.25) is 0 Å². The van der Waals surface area contributed by atoms with Gasteiger partial charge in [0.05, 0.1) is 7.11 Å². The Hall–Kier alpha value is -3.27. The number of methoxy groups -OCH3 is 1. The van der Waals surface area contributed by atoms with Gasteiger partial charge in [-0.15, -0.1) is 0 Å². The summed E-state index contributed by atoms with van der Waals surface area (Å²) in [5.41, 5.74) is 1.63. The minimum Gasteiger partial charge on any atom is -0.487 e. The van der Waals surface area contributed by atoms with E-state index >= 15 is 0 Å². The maximum absolute atomic E-state index is 12.7. The highest BCUT2D eigenvalue weighted by atomic mass is 16.5. The zero-order valence-electron chi connectivity index (χ0n) is 16.2. The van der Waals surface area contributed by atoms with Gasteiger partial charge in [-0.2, -0.15) is 0 Å². The van der Waals surface area contributed by atoms with Crippen LogP contribution in [0.15, 0.2) is 60.7 Å². The number of hydrogen-bond donors (Lipinski definition) is 0. The summed E-state index contributed by atoms with van der Waals surface area (Å²) in [6.07, 6.45) is 3.87. The Kier molecular flexibility index (Phi) is 4.55. The first-order valence-electron chi connectivity index (χ1n) is 9.22. The summed E-state index contributed by atoms with van der Waals surface area (Å²) in [5.74, 6) is 0.742.